The van der Waals surface area contributed by atoms with Crippen molar-refractivity contribution in [1.29, 1.82) is 5.26 Å². The summed E-state index contributed by atoms with van der Waals surface area (Å²) in [5, 5.41) is 9.31. The van der Waals surface area contributed by atoms with Gasteiger partial charge in [0.1, 0.15) is 17.5 Å². The fraction of sp³-hybridized carbons (Fsp3) is 0.667. The summed E-state index contributed by atoms with van der Waals surface area (Å²) < 4.78 is 0. The first-order valence-corrected chi connectivity index (χ1v) is 7.32. The summed E-state index contributed by atoms with van der Waals surface area (Å²) in [6.45, 7) is 6.43. The highest BCUT2D eigenvalue weighted by Crippen LogP contribution is 2.35. The van der Waals surface area contributed by atoms with Gasteiger partial charge in [0.05, 0.1) is 5.69 Å². The van der Waals surface area contributed by atoms with Crippen molar-refractivity contribution in [2.45, 2.75) is 64.7 Å². The van der Waals surface area contributed by atoms with E-state index in [1.165, 1.54) is 19.3 Å². The maximum absolute atomic E-state index is 9.31. The van der Waals surface area contributed by atoms with Crippen molar-refractivity contribution in [3.63, 3.8) is 0 Å². The number of nitrogens with two attached hydrogens (primary N) is 2. The lowest BCUT2D eigenvalue weighted by Crippen LogP contribution is -2.25. The molecule has 0 radical (unpaired) electrons. The quantitative estimate of drug-likeness (QED) is 0.744. The molecule has 4 N–H and O–H groups in total. The van der Waals surface area contributed by atoms with Crippen molar-refractivity contribution in [3.05, 3.63) is 11.3 Å². The molecule has 1 atom stereocenters. The molecule has 0 saturated carbocycles. The van der Waals surface area contributed by atoms with Crippen LogP contribution in [0.2, 0.25) is 0 Å². The Labute approximate surface area is 121 Å². The van der Waals surface area contributed by atoms with Gasteiger partial charge in [0.2, 0.25) is 5.95 Å². The summed E-state index contributed by atoms with van der Waals surface area (Å²) in [6.07, 6.45) is 6.63. The van der Waals surface area contributed by atoms with E-state index in [-0.39, 0.29) is 17.2 Å². The van der Waals surface area contributed by atoms with E-state index in [1.807, 2.05) is 0 Å². The Morgan fingerprint density at radius 1 is 1.15 bits per heavy atom. The van der Waals surface area contributed by atoms with Crippen LogP contribution in [0.3, 0.4) is 0 Å². The molecule has 0 aliphatic carbocycles. The number of nitrogen functional groups attached to an aromatic ring is 2. The van der Waals surface area contributed by atoms with Crippen LogP contribution in [-0.4, -0.2) is 9.97 Å². The second kappa shape index (κ2) is 7.09. The molecule has 0 aliphatic heterocycles. The van der Waals surface area contributed by atoms with Gasteiger partial charge in [-0.3, -0.25) is 0 Å². The number of aromatic nitrogens is 2. The van der Waals surface area contributed by atoms with E-state index < -0.39 is 0 Å². The summed E-state index contributed by atoms with van der Waals surface area (Å²) in [6, 6.07) is 2.13. The first kappa shape index (κ1) is 16.2. The SMILES string of the molecule is CCCCCCC(C)(CC)c1nc(N)nc(N)c1C#N. The van der Waals surface area contributed by atoms with Gasteiger partial charge in [-0.1, -0.05) is 46.5 Å². The van der Waals surface area contributed by atoms with Crippen LogP contribution in [0.1, 0.15) is 70.6 Å². The molecule has 1 aromatic rings. The Hall–Kier alpha value is -1.83. The third-order valence-electron chi connectivity index (χ3n) is 4.00. The highest BCUT2D eigenvalue weighted by atomic mass is 15.0. The number of nitrogens with zero attached hydrogens (tertiary/aromatic N) is 3. The largest absolute Gasteiger partial charge is 0.382 e. The number of anilines is 2. The lowest BCUT2D eigenvalue weighted by molar-refractivity contribution is 0.385. The second-order valence-corrected chi connectivity index (χ2v) is 5.53. The molecule has 0 aromatic carbocycles. The highest BCUT2D eigenvalue weighted by Gasteiger charge is 2.30. The van der Waals surface area contributed by atoms with Gasteiger partial charge in [-0.05, 0) is 12.8 Å². The molecule has 1 aromatic heterocycles. The van der Waals surface area contributed by atoms with Crippen LogP contribution in [0.25, 0.3) is 0 Å². The first-order valence-electron chi connectivity index (χ1n) is 7.32. The molecule has 1 heterocycles. The molecule has 1 rings (SSSR count). The second-order valence-electron chi connectivity index (χ2n) is 5.53. The monoisotopic (exact) mass is 275 g/mol. The van der Waals surface area contributed by atoms with Gasteiger partial charge in [0, 0.05) is 5.41 Å². The summed E-state index contributed by atoms with van der Waals surface area (Å²) in [5.74, 6) is 0.327. The molecule has 0 aliphatic rings. The zero-order chi connectivity index (χ0) is 15.2. The van der Waals surface area contributed by atoms with Crippen LogP contribution in [0.15, 0.2) is 0 Å². The predicted octanol–water partition coefficient (Wildman–Crippen LogP) is 3.15. The van der Waals surface area contributed by atoms with Gasteiger partial charge in [0.25, 0.3) is 0 Å². The van der Waals surface area contributed by atoms with Gasteiger partial charge in [-0.15, -0.1) is 0 Å². The van der Waals surface area contributed by atoms with Crippen LogP contribution in [0.4, 0.5) is 11.8 Å². The Bertz CT molecular complexity index is 492. The average Bonchev–Trinajstić information content (AvgIpc) is 2.42. The number of unbranched alkanes of at least 4 members (excludes halogenated alkanes) is 3. The normalized spacial score (nSPS) is 13.7. The molecule has 110 valence electrons. The number of hydrogen-bond acceptors (Lipinski definition) is 5. The molecule has 0 fully saturated rings. The van der Waals surface area contributed by atoms with Crippen molar-refractivity contribution < 1.29 is 0 Å². The third kappa shape index (κ3) is 3.60. The predicted molar refractivity (Wildman–Crippen MR) is 82.0 cm³/mol. The molecule has 0 saturated heterocycles. The molecule has 5 heteroatoms. The summed E-state index contributed by atoms with van der Waals surface area (Å²) >= 11 is 0. The van der Waals surface area contributed by atoms with E-state index in [9.17, 15) is 5.26 Å². The number of rotatable bonds is 7. The number of hydrogen-bond donors (Lipinski definition) is 2. The van der Waals surface area contributed by atoms with Crippen molar-refractivity contribution in [2.24, 2.45) is 0 Å². The molecule has 1 unspecified atom stereocenters. The van der Waals surface area contributed by atoms with Gasteiger partial charge in [0.15, 0.2) is 0 Å². The van der Waals surface area contributed by atoms with E-state index in [0.29, 0.717) is 11.3 Å². The zero-order valence-corrected chi connectivity index (χ0v) is 12.7. The highest BCUT2D eigenvalue weighted by molar-refractivity contribution is 5.55. The van der Waals surface area contributed by atoms with E-state index >= 15 is 0 Å². The van der Waals surface area contributed by atoms with Gasteiger partial charge >= 0.3 is 0 Å². The van der Waals surface area contributed by atoms with E-state index in [2.05, 4.69) is 36.8 Å². The Morgan fingerprint density at radius 3 is 2.40 bits per heavy atom. The zero-order valence-electron chi connectivity index (χ0n) is 12.7. The van der Waals surface area contributed by atoms with Crippen LogP contribution >= 0.6 is 0 Å². The van der Waals surface area contributed by atoms with Gasteiger partial charge in [-0.2, -0.15) is 10.2 Å². The standard InChI is InChI=1S/C15H25N5/c1-4-6-7-8-9-15(3,5-2)12-11(10-16)13(17)20-14(18)19-12/h4-9H2,1-3H3,(H4,17,18,19,20). The topological polar surface area (TPSA) is 102 Å². The fourth-order valence-corrected chi connectivity index (χ4v) is 2.45. The fourth-order valence-electron chi connectivity index (χ4n) is 2.45. The van der Waals surface area contributed by atoms with Crippen molar-refractivity contribution in [2.75, 3.05) is 11.5 Å². The van der Waals surface area contributed by atoms with E-state index in [4.69, 9.17) is 11.5 Å². The lowest BCUT2D eigenvalue weighted by atomic mass is 9.77. The van der Waals surface area contributed by atoms with Gasteiger partial charge in [-0.25, -0.2) is 4.98 Å². The molecule has 0 spiro atoms. The molecule has 0 amide bonds. The minimum atomic E-state index is -0.177. The summed E-state index contributed by atoms with van der Waals surface area (Å²) in [5.41, 5.74) is 12.4. The first-order chi connectivity index (χ1) is 9.48. The summed E-state index contributed by atoms with van der Waals surface area (Å²) in [4.78, 5) is 8.20. The third-order valence-corrected chi connectivity index (χ3v) is 4.00. The molecule has 0 bridgehead atoms. The van der Waals surface area contributed by atoms with Crippen LogP contribution in [0.5, 0.6) is 0 Å². The smallest absolute Gasteiger partial charge is 0.222 e. The Balaban J connectivity index is 3.07. The minimum absolute atomic E-state index is 0.143. The number of nitriles is 1. The molecule has 5 nitrogen and oxygen atoms in total. The van der Waals surface area contributed by atoms with Crippen molar-refractivity contribution in [1.82, 2.24) is 9.97 Å². The Kier molecular flexibility index (Phi) is 5.75. The van der Waals surface area contributed by atoms with Crippen molar-refractivity contribution >= 4 is 11.8 Å². The summed E-state index contributed by atoms with van der Waals surface area (Å²) in [7, 11) is 0. The average molecular weight is 275 g/mol. The maximum atomic E-state index is 9.31. The van der Waals surface area contributed by atoms with Crippen LogP contribution in [0, 0.1) is 11.3 Å². The van der Waals surface area contributed by atoms with Gasteiger partial charge < -0.3 is 11.5 Å². The van der Waals surface area contributed by atoms with Crippen molar-refractivity contribution in [3.8, 4) is 6.07 Å². The lowest BCUT2D eigenvalue weighted by Gasteiger charge is -2.29. The minimum Gasteiger partial charge on any atom is -0.382 e. The molecular formula is C15H25N5. The van der Waals surface area contributed by atoms with E-state index in [0.717, 1.165) is 19.3 Å². The maximum Gasteiger partial charge on any atom is 0.222 e. The van der Waals surface area contributed by atoms with Crippen LogP contribution in [-0.2, 0) is 5.41 Å². The molecular weight excluding hydrogens is 250 g/mol. The van der Waals surface area contributed by atoms with Crippen LogP contribution < -0.4 is 11.5 Å². The Morgan fingerprint density at radius 2 is 1.85 bits per heavy atom. The van der Waals surface area contributed by atoms with E-state index in [1.54, 1.807) is 0 Å². The molecule has 20 heavy (non-hydrogen) atoms.